The molecule has 3 rings (SSSR count). The minimum atomic E-state index is 0.425. The third-order valence-electron chi connectivity index (χ3n) is 3.65. The molecule has 0 aliphatic carbocycles. The van der Waals surface area contributed by atoms with Gasteiger partial charge in [-0.25, -0.2) is 4.68 Å². The molecular weight excluding hydrogens is 238 g/mol. The number of benzene rings is 1. The number of nitrogens with two attached hydrogens (primary N) is 1. The van der Waals surface area contributed by atoms with Gasteiger partial charge >= 0.3 is 0 Å². The Morgan fingerprint density at radius 2 is 2.21 bits per heavy atom. The van der Waals surface area contributed by atoms with Gasteiger partial charge in [-0.3, -0.25) is 0 Å². The van der Waals surface area contributed by atoms with Gasteiger partial charge in [0.15, 0.2) is 0 Å². The van der Waals surface area contributed by atoms with Gasteiger partial charge in [-0.15, -0.1) is 5.10 Å². The molecule has 1 aromatic carbocycles. The summed E-state index contributed by atoms with van der Waals surface area (Å²) in [6, 6.07) is 8.32. The van der Waals surface area contributed by atoms with Crippen molar-refractivity contribution in [3.8, 4) is 11.3 Å². The van der Waals surface area contributed by atoms with Crippen LogP contribution in [0.4, 0.5) is 5.69 Å². The third-order valence-corrected chi connectivity index (χ3v) is 3.65. The van der Waals surface area contributed by atoms with Crippen LogP contribution in [-0.2, 0) is 0 Å². The van der Waals surface area contributed by atoms with Crippen molar-refractivity contribution in [2.24, 2.45) is 0 Å². The first-order valence-electron chi connectivity index (χ1n) is 6.81. The summed E-state index contributed by atoms with van der Waals surface area (Å²) in [5.41, 5.74) is 8.77. The number of nitrogens with one attached hydrogen (secondary N) is 1. The number of anilines is 1. The fourth-order valence-corrected chi connectivity index (χ4v) is 2.66. The van der Waals surface area contributed by atoms with Gasteiger partial charge in [0.1, 0.15) is 0 Å². The lowest BCUT2D eigenvalue weighted by molar-refractivity contribution is 0.408. The largest absolute Gasteiger partial charge is 0.399 e. The number of rotatable bonds is 2. The van der Waals surface area contributed by atoms with Gasteiger partial charge in [0, 0.05) is 11.3 Å². The summed E-state index contributed by atoms with van der Waals surface area (Å²) in [5.74, 6) is 0. The monoisotopic (exact) mass is 257 g/mol. The lowest BCUT2D eigenvalue weighted by atomic mass is 10.1. The smallest absolute Gasteiger partial charge is 0.0889 e. The van der Waals surface area contributed by atoms with Gasteiger partial charge in [-0.2, -0.15) is 0 Å². The van der Waals surface area contributed by atoms with Crippen molar-refractivity contribution in [1.29, 1.82) is 0 Å². The maximum Gasteiger partial charge on any atom is 0.0889 e. The summed E-state index contributed by atoms with van der Waals surface area (Å²) < 4.78 is 2.06. The highest BCUT2D eigenvalue weighted by Crippen LogP contribution is 2.27. The maximum atomic E-state index is 5.86. The number of hydrogen-bond acceptors (Lipinski definition) is 4. The van der Waals surface area contributed by atoms with Crippen LogP contribution in [0, 0.1) is 0 Å². The van der Waals surface area contributed by atoms with Crippen molar-refractivity contribution < 1.29 is 0 Å². The first kappa shape index (κ1) is 12.2. The van der Waals surface area contributed by atoms with Crippen LogP contribution in [0.25, 0.3) is 11.3 Å². The van der Waals surface area contributed by atoms with Gasteiger partial charge in [0.05, 0.1) is 17.9 Å². The highest BCUT2D eigenvalue weighted by Gasteiger charge is 2.18. The van der Waals surface area contributed by atoms with Crippen LogP contribution in [0.5, 0.6) is 0 Å². The molecule has 0 amide bonds. The van der Waals surface area contributed by atoms with E-state index in [1.807, 2.05) is 24.4 Å². The fraction of sp³-hybridized carbons (Fsp3) is 0.429. The molecule has 1 saturated heterocycles. The Bertz CT molecular complexity index is 540. The second-order valence-corrected chi connectivity index (χ2v) is 5.02. The van der Waals surface area contributed by atoms with Gasteiger partial charge < -0.3 is 11.1 Å². The summed E-state index contributed by atoms with van der Waals surface area (Å²) in [6.45, 7) is 2.14. The average Bonchev–Trinajstić information content (AvgIpc) is 2.75. The summed E-state index contributed by atoms with van der Waals surface area (Å²) in [5, 5.41) is 11.8. The van der Waals surface area contributed by atoms with Crippen LogP contribution in [0.1, 0.15) is 25.3 Å². The first-order valence-corrected chi connectivity index (χ1v) is 6.81. The van der Waals surface area contributed by atoms with E-state index in [1.54, 1.807) is 0 Å². The van der Waals surface area contributed by atoms with E-state index in [-0.39, 0.29) is 0 Å². The summed E-state index contributed by atoms with van der Waals surface area (Å²) >= 11 is 0. The van der Waals surface area contributed by atoms with E-state index in [0.29, 0.717) is 6.04 Å². The highest BCUT2D eigenvalue weighted by atomic mass is 15.4. The van der Waals surface area contributed by atoms with Gasteiger partial charge in [-0.1, -0.05) is 17.3 Å². The molecule has 100 valence electrons. The van der Waals surface area contributed by atoms with Crippen LogP contribution < -0.4 is 11.1 Å². The Labute approximate surface area is 112 Å². The van der Waals surface area contributed by atoms with Crippen LogP contribution in [0.15, 0.2) is 30.5 Å². The molecule has 1 atom stereocenters. The molecule has 5 heteroatoms. The number of aromatic nitrogens is 3. The molecule has 1 aliphatic rings. The normalized spacial score (nSPS) is 20.1. The maximum absolute atomic E-state index is 5.86. The Hall–Kier alpha value is -1.88. The standard InChI is InChI=1S/C14H19N5/c15-12-4-1-3-11(9-12)14-10-17-18-19(14)13-5-2-7-16-8-6-13/h1,3-4,9-10,13,16H,2,5-8,15H2. The molecule has 2 aromatic rings. The van der Waals surface area contributed by atoms with Crippen molar-refractivity contribution in [2.75, 3.05) is 18.8 Å². The predicted octanol–water partition coefficient (Wildman–Crippen LogP) is 1.84. The number of nitrogens with zero attached hydrogens (tertiary/aromatic N) is 3. The zero-order chi connectivity index (χ0) is 13.1. The van der Waals surface area contributed by atoms with E-state index in [1.165, 1.54) is 6.42 Å². The fourth-order valence-electron chi connectivity index (χ4n) is 2.66. The van der Waals surface area contributed by atoms with E-state index in [9.17, 15) is 0 Å². The Balaban J connectivity index is 1.93. The summed E-state index contributed by atoms with van der Waals surface area (Å²) in [6.07, 6.45) is 5.25. The quantitative estimate of drug-likeness (QED) is 0.805. The molecule has 1 fully saturated rings. The Morgan fingerprint density at radius 1 is 1.26 bits per heavy atom. The molecule has 0 saturated carbocycles. The zero-order valence-electron chi connectivity index (χ0n) is 10.9. The van der Waals surface area contributed by atoms with Crippen LogP contribution in [0.2, 0.25) is 0 Å². The molecule has 1 aliphatic heterocycles. The van der Waals surface area contributed by atoms with Crippen molar-refractivity contribution in [1.82, 2.24) is 20.3 Å². The SMILES string of the molecule is Nc1cccc(-c2cnnn2C2CCCNCC2)c1. The molecule has 0 radical (unpaired) electrons. The van der Waals surface area contributed by atoms with Gasteiger partial charge in [0.25, 0.3) is 0 Å². The van der Waals surface area contributed by atoms with E-state index in [4.69, 9.17) is 5.73 Å². The highest BCUT2D eigenvalue weighted by molar-refractivity contribution is 5.63. The second-order valence-electron chi connectivity index (χ2n) is 5.02. The van der Waals surface area contributed by atoms with Crippen LogP contribution in [-0.4, -0.2) is 28.1 Å². The molecule has 2 heterocycles. The summed E-state index contributed by atoms with van der Waals surface area (Å²) in [4.78, 5) is 0. The van der Waals surface area contributed by atoms with Crippen molar-refractivity contribution in [2.45, 2.75) is 25.3 Å². The zero-order valence-corrected chi connectivity index (χ0v) is 10.9. The van der Waals surface area contributed by atoms with Crippen molar-refractivity contribution in [3.05, 3.63) is 30.5 Å². The minimum absolute atomic E-state index is 0.425. The van der Waals surface area contributed by atoms with Crippen molar-refractivity contribution >= 4 is 5.69 Å². The molecule has 5 nitrogen and oxygen atoms in total. The minimum Gasteiger partial charge on any atom is -0.399 e. The summed E-state index contributed by atoms with van der Waals surface area (Å²) in [7, 11) is 0. The Morgan fingerprint density at radius 3 is 3.11 bits per heavy atom. The molecule has 0 spiro atoms. The van der Waals surface area contributed by atoms with E-state index in [2.05, 4.69) is 26.4 Å². The molecule has 3 N–H and O–H groups in total. The third kappa shape index (κ3) is 2.61. The molecule has 0 bridgehead atoms. The number of hydrogen-bond donors (Lipinski definition) is 2. The molecular formula is C14H19N5. The van der Waals surface area contributed by atoms with E-state index >= 15 is 0 Å². The van der Waals surface area contributed by atoms with Crippen molar-refractivity contribution in [3.63, 3.8) is 0 Å². The van der Waals surface area contributed by atoms with E-state index < -0.39 is 0 Å². The number of nitrogen functional groups attached to an aromatic ring is 1. The molecule has 1 unspecified atom stereocenters. The average molecular weight is 257 g/mol. The topological polar surface area (TPSA) is 68.8 Å². The second kappa shape index (κ2) is 5.40. The van der Waals surface area contributed by atoms with E-state index in [0.717, 1.165) is 42.9 Å². The predicted molar refractivity (Wildman–Crippen MR) is 75.6 cm³/mol. The first-order chi connectivity index (χ1) is 9.34. The van der Waals surface area contributed by atoms with Crippen LogP contribution >= 0.6 is 0 Å². The van der Waals surface area contributed by atoms with Crippen LogP contribution in [0.3, 0.4) is 0 Å². The lowest BCUT2D eigenvalue weighted by Gasteiger charge is -2.16. The molecule has 1 aromatic heterocycles. The van der Waals surface area contributed by atoms with Gasteiger partial charge in [0.2, 0.25) is 0 Å². The lowest BCUT2D eigenvalue weighted by Crippen LogP contribution is -2.16. The van der Waals surface area contributed by atoms with Gasteiger partial charge in [-0.05, 0) is 44.5 Å². The molecule has 19 heavy (non-hydrogen) atoms. The Kier molecular flexibility index (Phi) is 3.46.